The van der Waals surface area contributed by atoms with Crippen LogP contribution in [-0.2, 0) is 32.9 Å². The van der Waals surface area contributed by atoms with Crippen LogP contribution < -0.4 is 0 Å². The number of aliphatic hydroxyl groups is 1. The summed E-state index contributed by atoms with van der Waals surface area (Å²) in [6.07, 6.45) is 26.5. The van der Waals surface area contributed by atoms with E-state index in [0.717, 1.165) is 44.4 Å². The van der Waals surface area contributed by atoms with Crippen molar-refractivity contribution in [3.63, 3.8) is 0 Å². The van der Waals surface area contributed by atoms with Crippen molar-refractivity contribution in [2.45, 2.75) is 155 Å². The van der Waals surface area contributed by atoms with Gasteiger partial charge in [-0.05, 0) is 50.0 Å². The van der Waals surface area contributed by atoms with Gasteiger partial charge in [-0.2, -0.15) is 0 Å². The van der Waals surface area contributed by atoms with E-state index < -0.39 is 38.6 Å². The minimum absolute atomic E-state index is 0.0179. The summed E-state index contributed by atoms with van der Waals surface area (Å²) < 4.78 is 26.3. The van der Waals surface area contributed by atoms with Crippen molar-refractivity contribution in [2.75, 3.05) is 13.2 Å². The number of carbonyl (C=O) groups excluding carboxylic acids is 3. The Morgan fingerprint density at radius 2 is 1.53 bits per heavy atom. The molecule has 0 aromatic rings. The molecular formula is C38H65O10P. The molecule has 49 heavy (non-hydrogen) atoms. The van der Waals surface area contributed by atoms with Gasteiger partial charge in [0.15, 0.2) is 11.9 Å². The number of hydrogen-bond acceptors (Lipinski definition) is 8. The van der Waals surface area contributed by atoms with Gasteiger partial charge in [0.1, 0.15) is 6.61 Å². The third-order valence-electron chi connectivity index (χ3n) is 8.95. The highest BCUT2D eigenvalue weighted by Crippen LogP contribution is 2.36. The number of ketones is 1. The molecule has 1 rings (SSSR count). The number of aliphatic hydroxyl groups excluding tert-OH is 1. The Morgan fingerprint density at radius 1 is 0.878 bits per heavy atom. The van der Waals surface area contributed by atoms with Gasteiger partial charge in [0.2, 0.25) is 0 Å². The average Bonchev–Trinajstić information content (AvgIpc) is 3.41. The standard InChI is InChI=1S/C38H65O10P/c1-4-6-15-22-33(39)26-27-35-32(25-28-36(35)40)21-17-13-14-19-24-38(42)48-34(30-47-49(43,44)45)29-46-37(41)23-18-12-10-8-7-9-11-16-20-31(3)5-2/h13,17,25-28,31-35,39H,4-12,14-16,18-24,29-30H2,1-3H3,(H2,43,44,45)/b17-13-,27-26+/t31?,32-,33-,34+,35+/m0/s1. The molecule has 0 aromatic heterocycles. The van der Waals surface area contributed by atoms with Gasteiger partial charge >= 0.3 is 19.8 Å². The summed E-state index contributed by atoms with van der Waals surface area (Å²) in [6, 6.07) is 0. The van der Waals surface area contributed by atoms with Crippen LogP contribution in [0.15, 0.2) is 36.5 Å². The monoisotopic (exact) mass is 712 g/mol. The third kappa shape index (κ3) is 24.7. The van der Waals surface area contributed by atoms with E-state index in [0.29, 0.717) is 32.1 Å². The first-order valence-electron chi connectivity index (χ1n) is 18.7. The largest absolute Gasteiger partial charge is 0.469 e. The lowest BCUT2D eigenvalue weighted by Gasteiger charge is -2.18. The van der Waals surface area contributed by atoms with Gasteiger partial charge in [0.05, 0.1) is 12.7 Å². The number of unbranched alkanes of at least 4 members (excludes halogenated alkanes) is 10. The van der Waals surface area contributed by atoms with Gasteiger partial charge in [-0.15, -0.1) is 0 Å². The number of ether oxygens (including phenoxy) is 2. The van der Waals surface area contributed by atoms with Crippen LogP contribution in [0.25, 0.3) is 0 Å². The van der Waals surface area contributed by atoms with Crippen LogP contribution in [0.2, 0.25) is 0 Å². The fourth-order valence-electron chi connectivity index (χ4n) is 5.63. The predicted molar refractivity (Wildman–Crippen MR) is 192 cm³/mol. The molecule has 3 N–H and O–H groups in total. The van der Waals surface area contributed by atoms with Crippen molar-refractivity contribution in [1.29, 1.82) is 0 Å². The molecule has 10 nitrogen and oxygen atoms in total. The molecule has 5 atom stereocenters. The highest BCUT2D eigenvalue weighted by Gasteiger charge is 2.27. The Balaban J connectivity index is 2.33. The van der Waals surface area contributed by atoms with E-state index in [4.69, 9.17) is 19.3 Å². The van der Waals surface area contributed by atoms with Crippen LogP contribution in [0, 0.1) is 17.8 Å². The number of carbonyl (C=O) groups is 3. The van der Waals surface area contributed by atoms with E-state index in [2.05, 4.69) is 25.3 Å². The van der Waals surface area contributed by atoms with Crippen LogP contribution in [0.3, 0.4) is 0 Å². The minimum Gasteiger partial charge on any atom is -0.462 e. The minimum atomic E-state index is -4.80. The highest BCUT2D eigenvalue weighted by molar-refractivity contribution is 7.46. The van der Waals surface area contributed by atoms with E-state index in [1.807, 2.05) is 24.3 Å². The smallest absolute Gasteiger partial charge is 0.462 e. The number of rotatable bonds is 30. The molecule has 0 bridgehead atoms. The Bertz CT molecular complexity index is 1050. The first-order valence-corrected chi connectivity index (χ1v) is 20.3. The number of hydrogen-bond donors (Lipinski definition) is 3. The molecule has 0 heterocycles. The van der Waals surface area contributed by atoms with Gasteiger partial charge in [0, 0.05) is 18.8 Å². The van der Waals surface area contributed by atoms with Gasteiger partial charge < -0.3 is 24.4 Å². The molecule has 11 heteroatoms. The van der Waals surface area contributed by atoms with Crippen molar-refractivity contribution in [1.82, 2.24) is 0 Å². The van der Waals surface area contributed by atoms with Gasteiger partial charge in [-0.3, -0.25) is 18.9 Å². The first kappa shape index (κ1) is 44.9. The molecule has 1 unspecified atom stereocenters. The van der Waals surface area contributed by atoms with Crippen LogP contribution in [-0.4, -0.2) is 58.0 Å². The summed E-state index contributed by atoms with van der Waals surface area (Å²) >= 11 is 0. The second kappa shape index (κ2) is 27.6. The lowest BCUT2D eigenvalue weighted by atomic mass is 9.90. The number of esters is 2. The Hall–Kier alpha value is -2.10. The molecule has 0 saturated heterocycles. The quantitative estimate of drug-likeness (QED) is 0.0286. The molecule has 0 spiro atoms. The zero-order valence-electron chi connectivity index (χ0n) is 30.3. The Kier molecular flexibility index (Phi) is 25.3. The summed E-state index contributed by atoms with van der Waals surface area (Å²) in [5.41, 5.74) is 0. The maximum absolute atomic E-state index is 12.4. The summed E-state index contributed by atoms with van der Waals surface area (Å²) in [5.74, 6) is -0.466. The van der Waals surface area contributed by atoms with E-state index in [-0.39, 0.29) is 37.1 Å². The normalized spacial score (nSPS) is 18.4. The number of allylic oxidation sites excluding steroid dienone is 5. The summed E-state index contributed by atoms with van der Waals surface area (Å²) in [4.78, 5) is 55.1. The molecule has 0 saturated carbocycles. The molecule has 0 aromatic carbocycles. The SMILES string of the molecule is CCCCC[C@H](O)/C=C/[C@H]1C(=O)C=C[C@@H]1C/C=C\CCCC(=O)O[C@H](COC(=O)CCCCCCCCCCC(C)CC)COP(=O)(O)O. The molecular weight excluding hydrogens is 647 g/mol. The van der Waals surface area contributed by atoms with Crippen LogP contribution in [0.4, 0.5) is 0 Å². The fourth-order valence-corrected chi connectivity index (χ4v) is 5.99. The average molecular weight is 713 g/mol. The van der Waals surface area contributed by atoms with E-state index in [9.17, 15) is 24.1 Å². The van der Waals surface area contributed by atoms with Crippen LogP contribution >= 0.6 is 7.82 Å². The second-order valence-corrected chi connectivity index (χ2v) is 14.7. The fraction of sp³-hybridized carbons (Fsp3) is 0.763. The van der Waals surface area contributed by atoms with Gasteiger partial charge in [0.25, 0.3) is 0 Å². The lowest BCUT2D eigenvalue weighted by Crippen LogP contribution is -2.29. The number of phosphoric ester groups is 1. The molecule has 282 valence electrons. The molecule has 1 aliphatic carbocycles. The van der Waals surface area contributed by atoms with Crippen molar-refractivity contribution >= 4 is 25.5 Å². The third-order valence-corrected chi connectivity index (χ3v) is 9.44. The summed E-state index contributed by atoms with van der Waals surface area (Å²) in [7, 11) is -4.80. The van der Waals surface area contributed by atoms with Crippen LogP contribution in [0.1, 0.15) is 143 Å². The van der Waals surface area contributed by atoms with Crippen molar-refractivity contribution in [3.05, 3.63) is 36.5 Å². The Morgan fingerprint density at radius 3 is 2.20 bits per heavy atom. The molecule has 1 aliphatic rings. The second-order valence-electron chi connectivity index (χ2n) is 13.5. The summed E-state index contributed by atoms with van der Waals surface area (Å²) in [6.45, 7) is 5.70. The number of phosphoric acid groups is 1. The van der Waals surface area contributed by atoms with Crippen LogP contribution in [0.5, 0.6) is 0 Å². The zero-order chi connectivity index (χ0) is 36.3. The van der Waals surface area contributed by atoms with Crippen molar-refractivity contribution < 1.29 is 47.8 Å². The van der Waals surface area contributed by atoms with E-state index >= 15 is 0 Å². The van der Waals surface area contributed by atoms with Gasteiger partial charge in [-0.25, -0.2) is 4.57 Å². The zero-order valence-corrected chi connectivity index (χ0v) is 31.2. The first-order chi connectivity index (χ1) is 23.4. The molecule has 0 radical (unpaired) electrons. The van der Waals surface area contributed by atoms with Crippen molar-refractivity contribution in [2.24, 2.45) is 17.8 Å². The maximum Gasteiger partial charge on any atom is 0.469 e. The van der Waals surface area contributed by atoms with Crippen molar-refractivity contribution in [3.8, 4) is 0 Å². The summed E-state index contributed by atoms with van der Waals surface area (Å²) in [5, 5.41) is 10.2. The van der Waals surface area contributed by atoms with E-state index in [1.165, 1.54) is 38.5 Å². The topological polar surface area (TPSA) is 157 Å². The van der Waals surface area contributed by atoms with E-state index in [1.54, 1.807) is 12.2 Å². The maximum atomic E-state index is 12.4. The highest BCUT2D eigenvalue weighted by atomic mass is 31.2. The molecule has 0 aliphatic heterocycles. The Labute approximate surface area is 295 Å². The lowest BCUT2D eigenvalue weighted by molar-refractivity contribution is -0.161. The molecule has 0 amide bonds. The molecule has 0 fully saturated rings. The van der Waals surface area contributed by atoms with Gasteiger partial charge in [-0.1, -0.05) is 128 Å². The predicted octanol–water partition coefficient (Wildman–Crippen LogP) is 8.48.